The van der Waals surface area contributed by atoms with Crippen LogP contribution in [0.1, 0.15) is 33.1 Å². The number of carboxylic acids is 1. The van der Waals surface area contributed by atoms with Crippen LogP contribution in [0.2, 0.25) is 0 Å². The maximum atomic E-state index is 11.7. The summed E-state index contributed by atoms with van der Waals surface area (Å²) in [6, 6.07) is -0.112. The highest BCUT2D eigenvalue weighted by atomic mass is 16.4. The number of carbonyl (C=O) groups is 2. The Labute approximate surface area is 102 Å². The molecule has 2 unspecified atom stereocenters. The SMILES string of the molecule is CC(NCCC(=O)N1CCCC1)C(C)C(=O)O. The van der Waals surface area contributed by atoms with Gasteiger partial charge in [-0.1, -0.05) is 6.92 Å². The number of aliphatic carboxylic acids is 1. The zero-order valence-corrected chi connectivity index (χ0v) is 10.6. The number of carboxylic acid groups (broad SMARTS) is 1. The van der Waals surface area contributed by atoms with Gasteiger partial charge in [-0.15, -0.1) is 0 Å². The highest BCUT2D eigenvalue weighted by molar-refractivity contribution is 5.76. The second kappa shape index (κ2) is 6.59. The summed E-state index contributed by atoms with van der Waals surface area (Å²) in [5, 5.41) is 11.9. The van der Waals surface area contributed by atoms with E-state index in [2.05, 4.69) is 5.32 Å². The van der Waals surface area contributed by atoms with Crippen molar-refractivity contribution < 1.29 is 14.7 Å². The number of nitrogens with one attached hydrogen (secondary N) is 1. The summed E-state index contributed by atoms with van der Waals surface area (Å²) in [7, 11) is 0. The molecule has 0 aromatic heterocycles. The number of carbonyl (C=O) groups excluding carboxylic acids is 1. The van der Waals surface area contributed by atoms with Gasteiger partial charge in [0, 0.05) is 32.1 Å². The third kappa shape index (κ3) is 4.34. The van der Waals surface area contributed by atoms with Crippen molar-refractivity contribution in [1.29, 1.82) is 0 Å². The number of amides is 1. The Balaban J connectivity index is 2.18. The minimum Gasteiger partial charge on any atom is -0.481 e. The van der Waals surface area contributed by atoms with Gasteiger partial charge in [-0.25, -0.2) is 0 Å². The maximum absolute atomic E-state index is 11.7. The molecule has 1 amide bonds. The van der Waals surface area contributed by atoms with E-state index in [9.17, 15) is 9.59 Å². The Hall–Kier alpha value is -1.10. The number of hydrogen-bond donors (Lipinski definition) is 2. The Bertz CT molecular complexity index is 275. The lowest BCUT2D eigenvalue weighted by atomic mass is 10.0. The molecule has 0 aromatic rings. The predicted octanol–water partition coefficient (Wildman–Crippen LogP) is 0.698. The molecule has 0 radical (unpaired) electrons. The van der Waals surface area contributed by atoms with Gasteiger partial charge < -0.3 is 15.3 Å². The van der Waals surface area contributed by atoms with Gasteiger partial charge in [-0.05, 0) is 19.8 Å². The monoisotopic (exact) mass is 242 g/mol. The summed E-state index contributed by atoms with van der Waals surface area (Å²) in [5.41, 5.74) is 0. The normalized spacial score (nSPS) is 19.1. The van der Waals surface area contributed by atoms with Crippen LogP contribution >= 0.6 is 0 Å². The summed E-state index contributed by atoms with van der Waals surface area (Å²) >= 11 is 0. The minimum atomic E-state index is -0.809. The van der Waals surface area contributed by atoms with E-state index in [4.69, 9.17) is 5.11 Å². The molecule has 1 heterocycles. The van der Waals surface area contributed by atoms with Crippen LogP contribution in [0, 0.1) is 5.92 Å². The van der Waals surface area contributed by atoms with Crippen molar-refractivity contribution in [3.63, 3.8) is 0 Å². The molecule has 5 heteroatoms. The molecule has 1 saturated heterocycles. The molecule has 2 N–H and O–H groups in total. The average molecular weight is 242 g/mol. The summed E-state index contributed by atoms with van der Waals surface area (Å²) in [5.74, 6) is -1.07. The lowest BCUT2D eigenvalue weighted by Crippen LogP contribution is -2.38. The first kappa shape index (κ1) is 14.0. The fraction of sp³-hybridized carbons (Fsp3) is 0.833. The molecule has 1 aliphatic heterocycles. The molecule has 0 spiro atoms. The first-order valence-corrected chi connectivity index (χ1v) is 6.26. The summed E-state index contributed by atoms with van der Waals surface area (Å²) in [6.07, 6.45) is 2.66. The van der Waals surface area contributed by atoms with Crippen molar-refractivity contribution in [2.45, 2.75) is 39.2 Å². The van der Waals surface area contributed by atoms with Crippen LogP contribution < -0.4 is 5.32 Å². The van der Waals surface area contributed by atoms with Crippen LogP contribution in [0.4, 0.5) is 0 Å². The van der Waals surface area contributed by atoms with Gasteiger partial charge in [0.15, 0.2) is 0 Å². The largest absolute Gasteiger partial charge is 0.481 e. The molecule has 2 atom stereocenters. The van der Waals surface area contributed by atoms with Crippen molar-refractivity contribution >= 4 is 11.9 Å². The fourth-order valence-electron chi connectivity index (χ4n) is 1.92. The molecule has 0 aromatic carbocycles. The number of likely N-dealkylation sites (tertiary alicyclic amines) is 1. The van der Waals surface area contributed by atoms with Gasteiger partial charge >= 0.3 is 5.97 Å². The molecule has 1 rings (SSSR count). The molecular formula is C12H22N2O3. The first-order chi connectivity index (χ1) is 8.02. The molecular weight excluding hydrogens is 220 g/mol. The zero-order valence-electron chi connectivity index (χ0n) is 10.6. The Kier molecular flexibility index (Phi) is 5.41. The van der Waals surface area contributed by atoms with Gasteiger partial charge in [-0.2, -0.15) is 0 Å². The molecule has 98 valence electrons. The maximum Gasteiger partial charge on any atom is 0.307 e. The Morgan fingerprint density at radius 1 is 1.29 bits per heavy atom. The summed E-state index contributed by atoms with van der Waals surface area (Å²) in [6.45, 7) is 5.80. The lowest BCUT2D eigenvalue weighted by Gasteiger charge is -2.19. The third-order valence-corrected chi connectivity index (χ3v) is 3.40. The number of rotatable bonds is 6. The van der Waals surface area contributed by atoms with Crippen LogP contribution in [0.25, 0.3) is 0 Å². The average Bonchev–Trinajstić information content (AvgIpc) is 2.80. The third-order valence-electron chi connectivity index (χ3n) is 3.40. The van der Waals surface area contributed by atoms with E-state index in [1.807, 2.05) is 11.8 Å². The minimum absolute atomic E-state index is 0.112. The second-order valence-electron chi connectivity index (χ2n) is 4.71. The van der Waals surface area contributed by atoms with Gasteiger partial charge in [0.2, 0.25) is 5.91 Å². The van der Waals surface area contributed by atoms with Gasteiger partial charge in [0.1, 0.15) is 0 Å². The number of hydrogen-bond acceptors (Lipinski definition) is 3. The van der Waals surface area contributed by atoms with E-state index in [1.54, 1.807) is 6.92 Å². The highest BCUT2D eigenvalue weighted by Gasteiger charge is 2.20. The van der Waals surface area contributed by atoms with E-state index >= 15 is 0 Å². The highest BCUT2D eigenvalue weighted by Crippen LogP contribution is 2.08. The summed E-state index contributed by atoms with van der Waals surface area (Å²) in [4.78, 5) is 24.3. The standard InChI is InChI=1S/C12H22N2O3/c1-9(12(16)17)10(2)13-6-5-11(15)14-7-3-4-8-14/h9-10,13H,3-8H2,1-2H3,(H,16,17). The molecule has 0 saturated carbocycles. The van der Waals surface area contributed by atoms with E-state index in [-0.39, 0.29) is 11.9 Å². The van der Waals surface area contributed by atoms with Crippen LogP contribution in [-0.2, 0) is 9.59 Å². The van der Waals surface area contributed by atoms with Crippen LogP contribution in [0.15, 0.2) is 0 Å². The molecule has 0 bridgehead atoms. The molecule has 1 fully saturated rings. The van der Waals surface area contributed by atoms with Crippen molar-refractivity contribution in [2.75, 3.05) is 19.6 Å². The smallest absolute Gasteiger partial charge is 0.307 e. The Morgan fingerprint density at radius 3 is 2.41 bits per heavy atom. The molecule has 5 nitrogen and oxygen atoms in total. The van der Waals surface area contributed by atoms with Crippen molar-refractivity contribution in [2.24, 2.45) is 5.92 Å². The van der Waals surface area contributed by atoms with E-state index < -0.39 is 11.9 Å². The van der Waals surface area contributed by atoms with E-state index in [0.717, 1.165) is 25.9 Å². The fourth-order valence-corrected chi connectivity index (χ4v) is 1.92. The molecule has 1 aliphatic rings. The first-order valence-electron chi connectivity index (χ1n) is 6.26. The summed E-state index contributed by atoms with van der Waals surface area (Å²) < 4.78 is 0. The quantitative estimate of drug-likeness (QED) is 0.719. The van der Waals surface area contributed by atoms with Crippen molar-refractivity contribution in [1.82, 2.24) is 10.2 Å². The van der Waals surface area contributed by atoms with Crippen molar-refractivity contribution in [3.05, 3.63) is 0 Å². The number of nitrogens with zero attached hydrogens (tertiary/aromatic N) is 1. The van der Waals surface area contributed by atoms with Crippen LogP contribution in [0.5, 0.6) is 0 Å². The van der Waals surface area contributed by atoms with Crippen molar-refractivity contribution in [3.8, 4) is 0 Å². The predicted molar refractivity (Wildman–Crippen MR) is 64.7 cm³/mol. The van der Waals surface area contributed by atoms with Crippen LogP contribution in [-0.4, -0.2) is 47.6 Å². The lowest BCUT2D eigenvalue weighted by molar-refractivity contribution is -0.141. The molecule has 17 heavy (non-hydrogen) atoms. The van der Waals surface area contributed by atoms with Gasteiger partial charge in [-0.3, -0.25) is 9.59 Å². The topological polar surface area (TPSA) is 69.6 Å². The molecule has 0 aliphatic carbocycles. The van der Waals surface area contributed by atoms with E-state index in [1.165, 1.54) is 0 Å². The van der Waals surface area contributed by atoms with E-state index in [0.29, 0.717) is 13.0 Å². The van der Waals surface area contributed by atoms with Crippen LogP contribution in [0.3, 0.4) is 0 Å². The van der Waals surface area contributed by atoms with Gasteiger partial charge in [0.25, 0.3) is 0 Å². The second-order valence-corrected chi connectivity index (χ2v) is 4.71. The Morgan fingerprint density at radius 2 is 1.88 bits per heavy atom. The van der Waals surface area contributed by atoms with Gasteiger partial charge in [0.05, 0.1) is 5.92 Å². The zero-order chi connectivity index (χ0) is 12.8.